The summed E-state index contributed by atoms with van der Waals surface area (Å²) < 4.78 is 4.06. The molecule has 0 saturated carbocycles. The van der Waals surface area contributed by atoms with Crippen LogP contribution >= 0.6 is 20.7 Å². The molecule has 0 amide bonds. The van der Waals surface area contributed by atoms with Gasteiger partial charge in [-0.1, -0.05) is 38.9 Å². The van der Waals surface area contributed by atoms with E-state index >= 15 is 0 Å². The Morgan fingerprint density at radius 1 is 1.22 bits per heavy atom. The first-order chi connectivity index (χ1) is 4.47. The van der Waals surface area contributed by atoms with Gasteiger partial charge >= 0.3 is 0 Å². The fraction of sp³-hybridized carbons (Fsp3) is 0.125. The van der Waals surface area contributed by atoms with Crippen LogP contribution < -0.4 is 0 Å². The number of fused-ring (bicyclic) bond motifs is 1. The van der Waals surface area contributed by atoms with Crippen molar-refractivity contribution in [1.29, 1.82) is 0 Å². The molecule has 0 aromatic heterocycles. The van der Waals surface area contributed by atoms with E-state index < -0.39 is 0 Å². The van der Waals surface area contributed by atoms with Crippen molar-refractivity contribution < 1.29 is 0 Å². The van der Waals surface area contributed by atoms with E-state index in [4.69, 9.17) is 0 Å². The van der Waals surface area contributed by atoms with Crippen molar-refractivity contribution in [2.45, 2.75) is 6.42 Å². The summed E-state index contributed by atoms with van der Waals surface area (Å²) in [6.45, 7) is 0. The van der Waals surface area contributed by atoms with Crippen LogP contribution in [0.1, 0.15) is 5.56 Å². The Balaban J connectivity index is 2.63. The molecule has 2 rings (SSSR count). The molecule has 1 aromatic carbocycles. The van der Waals surface area contributed by atoms with E-state index in [-0.39, 0.29) is 0 Å². The molecule has 0 atom stereocenters. The van der Waals surface area contributed by atoms with Crippen molar-refractivity contribution in [3.8, 4) is 0 Å². The summed E-state index contributed by atoms with van der Waals surface area (Å²) >= 11 is 0.297. The van der Waals surface area contributed by atoms with Crippen LogP contribution in [-0.4, -0.2) is 4.01 Å². The van der Waals surface area contributed by atoms with Crippen molar-refractivity contribution in [1.82, 2.24) is 0 Å². The molecular formula is C8H7I. The number of hydrogen-bond donors (Lipinski definition) is 0. The van der Waals surface area contributed by atoms with Gasteiger partial charge in [0.05, 0.1) is 0 Å². The number of halogens is 1. The normalized spacial score (nSPS) is 14.7. The van der Waals surface area contributed by atoms with E-state index in [1.165, 1.54) is 6.42 Å². The summed E-state index contributed by atoms with van der Waals surface area (Å²) in [5, 5.41) is 0. The monoisotopic (exact) mass is 230 g/mol. The lowest BCUT2D eigenvalue weighted by Crippen LogP contribution is -1.80. The van der Waals surface area contributed by atoms with E-state index in [1.54, 1.807) is 9.13 Å². The van der Waals surface area contributed by atoms with E-state index in [1.807, 2.05) is 0 Å². The molecule has 0 spiro atoms. The zero-order chi connectivity index (χ0) is 6.10. The van der Waals surface area contributed by atoms with Gasteiger partial charge in [-0.3, -0.25) is 0 Å². The molecule has 1 aromatic rings. The second kappa shape index (κ2) is 2.21. The highest BCUT2D eigenvalue weighted by atomic mass is 127. The Morgan fingerprint density at radius 2 is 2.11 bits per heavy atom. The van der Waals surface area contributed by atoms with Crippen molar-refractivity contribution in [2.75, 3.05) is 0 Å². The molecule has 9 heavy (non-hydrogen) atoms. The molecule has 0 radical (unpaired) electrons. The molecule has 0 aliphatic carbocycles. The SMILES string of the molecule is C1=Ic2ccccc2C1. The quantitative estimate of drug-likeness (QED) is 0.599. The third-order valence-corrected chi connectivity index (χ3v) is 4.05. The van der Waals surface area contributed by atoms with Crippen LogP contribution in [0.2, 0.25) is 0 Å². The number of benzene rings is 1. The first-order valence-electron chi connectivity index (χ1n) is 3.00. The minimum absolute atomic E-state index is 0.297. The second-order valence-electron chi connectivity index (χ2n) is 2.06. The number of rotatable bonds is 0. The molecule has 0 fully saturated rings. The smallest absolute Gasteiger partial charge is 0.0110 e. The third-order valence-electron chi connectivity index (χ3n) is 1.45. The lowest BCUT2D eigenvalue weighted by molar-refractivity contribution is 1.35. The van der Waals surface area contributed by atoms with Gasteiger partial charge in [0.15, 0.2) is 0 Å². The Labute approximate surface area is 64.7 Å². The van der Waals surface area contributed by atoms with E-state index in [0.29, 0.717) is 20.7 Å². The summed E-state index contributed by atoms with van der Waals surface area (Å²) in [6, 6.07) is 8.75. The second-order valence-corrected chi connectivity index (χ2v) is 4.72. The fourth-order valence-electron chi connectivity index (χ4n) is 0.975. The average Bonchev–Trinajstić information content (AvgIpc) is 2.33. The van der Waals surface area contributed by atoms with Gasteiger partial charge in [0.2, 0.25) is 0 Å². The lowest BCUT2D eigenvalue weighted by Gasteiger charge is -1.92. The van der Waals surface area contributed by atoms with Crippen LogP contribution in [0.4, 0.5) is 0 Å². The van der Waals surface area contributed by atoms with Gasteiger partial charge < -0.3 is 0 Å². The minimum atomic E-state index is 0.297. The van der Waals surface area contributed by atoms with Gasteiger partial charge in [-0.25, -0.2) is 0 Å². The predicted molar refractivity (Wildman–Crippen MR) is 48.9 cm³/mol. The largest absolute Gasteiger partial charge is 0.0894 e. The highest BCUT2D eigenvalue weighted by molar-refractivity contribution is 14.2. The van der Waals surface area contributed by atoms with Crippen molar-refractivity contribution in [3.63, 3.8) is 0 Å². The molecule has 1 aliphatic rings. The molecule has 1 heterocycles. The predicted octanol–water partition coefficient (Wildman–Crippen LogP) is 2.19. The summed E-state index contributed by atoms with van der Waals surface area (Å²) in [6.07, 6.45) is 1.23. The van der Waals surface area contributed by atoms with Gasteiger partial charge in [-0.2, -0.15) is 0 Å². The Hall–Kier alpha value is -0.180. The first-order valence-corrected chi connectivity index (χ1v) is 5.32. The molecular weight excluding hydrogens is 223 g/mol. The highest BCUT2D eigenvalue weighted by Gasteiger charge is 2.01. The molecule has 0 unspecified atom stereocenters. The summed E-state index contributed by atoms with van der Waals surface area (Å²) in [7, 11) is 0. The molecule has 0 bridgehead atoms. The van der Waals surface area contributed by atoms with Crippen LogP contribution in [0.25, 0.3) is 0 Å². The molecule has 46 valence electrons. The topological polar surface area (TPSA) is 0 Å². The zero-order valence-corrected chi connectivity index (χ0v) is 7.13. The average molecular weight is 230 g/mol. The van der Waals surface area contributed by atoms with Crippen molar-refractivity contribution >= 4 is 24.7 Å². The standard InChI is InChI=1S/C8H7I/c1-2-4-8-7(3-1)5-6-9-8/h1-4,6H,5H2. The maximum atomic E-state index is 2.43. The van der Waals surface area contributed by atoms with Crippen LogP contribution in [0.5, 0.6) is 0 Å². The molecule has 1 heteroatoms. The van der Waals surface area contributed by atoms with E-state index in [0.717, 1.165) is 0 Å². The summed E-state index contributed by atoms with van der Waals surface area (Å²) in [5.74, 6) is 0. The first kappa shape index (κ1) is 5.59. The Bertz CT molecular complexity index is 250. The van der Waals surface area contributed by atoms with Gasteiger partial charge in [-0.15, -0.1) is 0 Å². The molecule has 0 N–H and O–H groups in total. The van der Waals surface area contributed by atoms with E-state index in [2.05, 4.69) is 28.3 Å². The molecule has 1 aliphatic heterocycles. The lowest BCUT2D eigenvalue weighted by atomic mass is 10.2. The zero-order valence-electron chi connectivity index (χ0n) is 4.97. The van der Waals surface area contributed by atoms with Crippen LogP contribution in [0.3, 0.4) is 0 Å². The van der Waals surface area contributed by atoms with Crippen molar-refractivity contribution in [2.24, 2.45) is 0 Å². The maximum absolute atomic E-state index is 2.43. The van der Waals surface area contributed by atoms with E-state index in [9.17, 15) is 0 Å². The third kappa shape index (κ3) is 0.936. The maximum Gasteiger partial charge on any atom is 0.0110 e. The van der Waals surface area contributed by atoms with Crippen LogP contribution in [0, 0.1) is 3.57 Å². The summed E-state index contributed by atoms with van der Waals surface area (Å²) in [5.41, 5.74) is 1.56. The van der Waals surface area contributed by atoms with Gasteiger partial charge in [0.1, 0.15) is 0 Å². The molecule has 0 saturated heterocycles. The van der Waals surface area contributed by atoms with Crippen LogP contribution in [0.15, 0.2) is 24.3 Å². The minimum Gasteiger partial charge on any atom is -0.0894 e. The van der Waals surface area contributed by atoms with Crippen molar-refractivity contribution in [3.05, 3.63) is 33.4 Å². The summed E-state index contributed by atoms with van der Waals surface area (Å²) in [4.78, 5) is 0. The van der Waals surface area contributed by atoms with Crippen LogP contribution in [-0.2, 0) is 6.42 Å². The fourth-order valence-corrected chi connectivity index (χ4v) is 3.36. The Morgan fingerprint density at radius 3 is 3.00 bits per heavy atom. The van der Waals surface area contributed by atoms with Gasteiger partial charge in [-0.05, 0) is 22.1 Å². The van der Waals surface area contributed by atoms with Gasteiger partial charge in [0, 0.05) is 3.57 Å². The molecule has 0 nitrogen and oxygen atoms in total. The van der Waals surface area contributed by atoms with Gasteiger partial charge in [0.25, 0.3) is 0 Å². The Kier molecular flexibility index (Phi) is 1.38. The number of hydrogen-bond acceptors (Lipinski definition) is 0. The highest BCUT2D eigenvalue weighted by Crippen LogP contribution is 2.22.